The number of ether oxygens (including phenoxy) is 1. The first kappa shape index (κ1) is 15.2. The van der Waals surface area contributed by atoms with Crippen molar-refractivity contribution in [3.63, 3.8) is 0 Å². The molecule has 2 aliphatic rings. The molecule has 1 N–H and O–H groups in total. The Balaban J connectivity index is 1.64. The molecule has 0 saturated carbocycles. The third-order valence-corrected chi connectivity index (χ3v) is 4.18. The first-order chi connectivity index (χ1) is 9.15. The van der Waals surface area contributed by atoms with Crippen LogP contribution in [-0.4, -0.2) is 97.5 Å². The summed E-state index contributed by atoms with van der Waals surface area (Å²) in [7, 11) is 0. The van der Waals surface area contributed by atoms with Crippen molar-refractivity contribution in [2.45, 2.75) is 26.0 Å². The van der Waals surface area contributed by atoms with Crippen molar-refractivity contribution in [2.75, 3.05) is 65.6 Å². The highest BCUT2D eigenvalue weighted by molar-refractivity contribution is 4.77. The van der Waals surface area contributed by atoms with E-state index in [0.29, 0.717) is 6.04 Å². The molecule has 2 fully saturated rings. The second-order valence-corrected chi connectivity index (χ2v) is 6.00. The number of nitrogens with zero attached hydrogens (tertiary/aromatic N) is 3. The molecule has 2 heterocycles. The SMILES string of the molecule is CC(C)N1CCN(CC(O)CN2CCOCC2)CC1. The van der Waals surface area contributed by atoms with Gasteiger partial charge in [-0.3, -0.25) is 14.7 Å². The summed E-state index contributed by atoms with van der Waals surface area (Å²) < 4.78 is 5.33. The van der Waals surface area contributed by atoms with Gasteiger partial charge in [-0.1, -0.05) is 0 Å². The predicted octanol–water partition coefficient (Wildman–Crippen LogP) is -0.294. The van der Waals surface area contributed by atoms with E-state index in [0.717, 1.165) is 65.6 Å². The molecule has 5 nitrogen and oxygen atoms in total. The minimum Gasteiger partial charge on any atom is -0.390 e. The topological polar surface area (TPSA) is 39.2 Å². The van der Waals surface area contributed by atoms with E-state index in [1.54, 1.807) is 0 Å². The number of morpholine rings is 1. The summed E-state index contributed by atoms with van der Waals surface area (Å²) in [4.78, 5) is 7.20. The van der Waals surface area contributed by atoms with Crippen molar-refractivity contribution in [3.05, 3.63) is 0 Å². The van der Waals surface area contributed by atoms with Crippen LogP contribution in [0.25, 0.3) is 0 Å². The minimum absolute atomic E-state index is 0.233. The molecule has 2 saturated heterocycles. The van der Waals surface area contributed by atoms with Crippen LogP contribution in [0.3, 0.4) is 0 Å². The molecule has 1 atom stereocenters. The van der Waals surface area contributed by atoms with E-state index in [1.165, 1.54) is 0 Å². The van der Waals surface area contributed by atoms with Crippen LogP contribution in [0.4, 0.5) is 0 Å². The smallest absolute Gasteiger partial charge is 0.0793 e. The molecule has 19 heavy (non-hydrogen) atoms. The zero-order valence-electron chi connectivity index (χ0n) is 12.4. The number of β-amino-alcohol motifs (C(OH)–C–C–N with tert-alkyl or cyclic N) is 1. The monoisotopic (exact) mass is 271 g/mol. The lowest BCUT2D eigenvalue weighted by atomic mass is 10.2. The van der Waals surface area contributed by atoms with Gasteiger partial charge in [0.05, 0.1) is 19.3 Å². The van der Waals surface area contributed by atoms with Crippen LogP contribution in [-0.2, 0) is 4.74 Å². The van der Waals surface area contributed by atoms with Gasteiger partial charge in [0, 0.05) is 58.4 Å². The molecular weight excluding hydrogens is 242 g/mol. The van der Waals surface area contributed by atoms with E-state index < -0.39 is 0 Å². The van der Waals surface area contributed by atoms with E-state index in [9.17, 15) is 5.11 Å². The van der Waals surface area contributed by atoms with Gasteiger partial charge in [0.15, 0.2) is 0 Å². The molecule has 5 heteroatoms. The van der Waals surface area contributed by atoms with Gasteiger partial charge in [0.2, 0.25) is 0 Å². The van der Waals surface area contributed by atoms with Crippen molar-refractivity contribution in [3.8, 4) is 0 Å². The van der Waals surface area contributed by atoms with E-state index in [-0.39, 0.29) is 6.10 Å². The summed E-state index contributed by atoms with van der Waals surface area (Å²) in [5.41, 5.74) is 0. The highest BCUT2D eigenvalue weighted by Crippen LogP contribution is 2.07. The van der Waals surface area contributed by atoms with Crippen molar-refractivity contribution in [1.82, 2.24) is 14.7 Å². The van der Waals surface area contributed by atoms with E-state index >= 15 is 0 Å². The number of aliphatic hydroxyl groups is 1. The number of hydrogen-bond donors (Lipinski definition) is 1. The Hall–Kier alpha value is -0.200. The van der Waals surface area contributed by atoms with Crippen LogP contribution < -0.4 is 0 Å². The number of hydrogen-bond acceptors (Lipinski definition) is 5. The van der Waals surface area contributed by atoms with E-state index in [2.05, 4.69) is 28.5 Å². The molecule has 0 spiro atoms. The molecule has 2 rings (SSSR count). The Bertz CT molecular complexity index is 249. The Kier molecular flexibility index (Phi) is 6.04. The Morgan fingerprint density at radius 1 is 0.895 bits per heavy atom. The van der Waals surface area contributed by atoms with Gasteiger partial charge in [-0.2, -0.15) is 0 Å². The van der Waals surface area contributed by atoms with Gasteiger partial charge in [-0.15, -0.1) is 0 Å². The Morgan fingerprint density at radius 2 is 1.42 bits per heavy atom. The average Bonchev–Trinajstić information content (AvgIpc) is 2.40. The van der Waals surface area contributed by atoms with E-state index in [1.807, 2.05) is 0 Å². The summed E-state index contributed by atoms with van der Waals surface area (Å²) in [5.74, 6) is 0. The second kappa shape index (κ2) is 7.55. The van der Waals surface area contributed by atoms with E-state index in [4.69, 9.17) is 4.74 Å². The molecule has 0 aromatic carbocycles. The summed E-state index contributed by atoms with van der Waals surface area (Å²) >= 11 is 0. The molecule has 0 aromatic heterocycles. The largest absolute Gasteiger partial charge is 0.390 e. The fourth-order valence-corrected chi connectivity index (χ4v) is 2.90. The average molecular weight is 271 g/mol. The van der Waals surface area contributed by atoms with Gasteiger partial charge in [0.1, 0.15) is 0 Å². The first-order valence-electron chi connectivity index (χ1n) is 7.59. The standard InChI is InChI=1S/C14H29N3O2/c1-13(2)17-5-3-15(4-6-17)11-14(18)12-16-7-9-19-10-8-16/h13-14,18H,3-12H2,1-2H3. The van der Waals surface area contributed by atoms with Gasteiger partial charge in [0.25, 0.3) is 0 Å². The lowest BCUT2D eigenvalue weighted by molar-refractivity contribution is 0.00125. The lowest BCUT2D eigenvalue weighted by Crippen LogP contribution is -2.52. The fraction of sp³-hybridized carbons (Fsp3) is 1.00. The van der Waals surface area contributed by atoms with Gasteiger partial charge >= 0.3 is 0 Å². The minimum atomic E-state index is -0.233. The number of piperazine rings is 1. The maximum atomic E-state index is 10.2. The Morgan fingerprint density at radius 3 is 1.95 bits per heavy atom. The molecule has 0 aromatic rings. The third kappa shape index (κ3) is 5.00. The molecule has 0 bridgehead atoms. The molecule has 0 amide bonds. The number of rotatable bonds is 5. The van der Waals surface area contributed by atoms with Crippen LogP contribution in [0, 0.1) is 0 Å². The highest BCUT2D eigenvalue weighted by Gasteiger charge is 2.22. The summed E-state index contributed by atoms with van der Waals surface area (Å²) in [6.45, 7) is 14.0. The number of aliphatic hydroxyl groups excluding tert-OH is 1. The summed E-state index contributed by atoms with van der Waals surface area (Å²) in [5, 5.41) is 10.2. The van der Waals surface area contributed by atoms with Crippen molar-refractivity contribution < 1.29 is 9.84 Å². The fourth-order valence-electron chi connectivity index (χ4n) is 2.90. The maximum Gasteiger partial charge on any atom is 0.0793 e. The normalized spacial score (nSPS) is 25.9. The quantitative estimate of drug-likeness (QED) is 0.744. The zero-order valence-corrected chi connectivity index (χ0v) is 12.4. The molecule has 0 aliphatic carbocycles. The molecule has 112 valence electrons. The second-order valence-electron chi connectivity index (χ2n) is 6.00. The van der Waals surface area contributed by atoms with Crippen molar-refractivity contribution in [2.24, 2.45) is 0 Å². The van der Waals surface area contributed by atoms with Crippen LogP contribution in [0.15, 0.2) is 0 Å². The molecular formula is C14H29N3O2. The summed E-state index contributed by atoms with van der Waals surface area (Å²) in [6.07, 6.45) is -0.233. The Labute approximate surface area is 117 Å². The van der Waals surface area contributed by atoms with Crippen molar-refractivity contribution >= 4 is 0 Å². The van der Waals surface area contributed by atoms with Gasteiger partial charge in [-0.25, -0.2) is 0 Å². The van der Waals surface area contributed by atoms with Crippen LogP contribution in [0.1, 0.15) is 13.8 Å². The molecule has 2 aliphatic heterocycles. The van der Waals surface area contributed by atoms with Crippen LogP contribution in [0.2, 0.25) is 0 Å². The highest BCUT2D eigenvalue weighted by atomic mass is 16.5. The van der Waals surface area contributed by atoms with Crippen LogP contribution in [0.5, 0.6) is 0 Å². The first-order valence-corrected chi connectivity index (χ1v) is 7.59. The zero-order chi connectivity index (χ0) is 13.7. The van der Waals surface area contributed by atoms with Crippen molar-refractivity contribution in [1.29, 1.82) is 0 Å². The predicted molar refractivity (Wildman–Crippen MR) is 76.4 cm³/mol. The van der Waals surface area contributed by atoms with Gasteiger partial charge in [-0.05, 0) is 13.8 Å². The maximum absolute atomic E-state index is 10.2. The van der Waals surface area contributed by atoms with Crippen LogP contribution >= 0.6 is 0 Å². The molecule has 0 radical (unpaired) electrons. The molecule has 1 unspecified atom stereocenters. The lowest BCUT2D eigenvalue weighted by Gasteiger charge is -2.38. The third-order valence-electron chi connectivity index (χ3n) is 4.18. The summed E-state index contributed by atoms with van der Waals surface area (Å²) in [6, 6.07) is 0.639. The van der Waals surface area contributed by atoms with Gasteiger partial charge < -0.3 is 9.84 Å².